The van der Waals surface area contributed by atoms with Crippen molar-refractivity contribution in [3.8, 4) is 23.0 Å². The summed E-state index contributed by atoms with van der Waals surface area (Å²) in [6.07, 6.45) is 4.14. The summed E-state index contributed by atoms with van der Waals surface area (Å²) in [5.74, 6) is -1.73. The fourth-order valence-corrected chi connectivity index (χ4v) is 3.64. The van der Waals surface area contributed by atoms with Crippen molar-refractivity contribution in [2.24, 2.45) is 0 Å². The van der Waals surface area contributed by atoms with Crippen LogP contribution < -0.4 is 5.32 Å². The number of pyridine rings is 1. The summed E-state index contributed by atoms with van der Waals surface area (Å²) in [5.41, 5.74) is 0.773. The average molecular weight is 485 g/mol. The molecule has 0 saturated carbocycles. The van der Waals surface area contributed by atoms with Gasteiger partial charge in [-0.1, -0.05) is 29.3 Å². The Labute approximate surface area is 196 Å². The van der Waals surface area contributed by atoms with Crippen LogP contribution in [-0.4, -0.2) is 25.9 Å². The van der Waals surface area contributed by atoms with Crippen molar-refractivity contribution < 1.29 is 13.6 Å². The van der Waals surface area contributed by atoms with E-state index in [0.717, 1.165) is 18.2 Å². The molecule has 0 radical (unpaired) electrons. The SMILES string of the molecule is N#CCc1cc(F)ccc1-c1cc(Cl)c(C(=O)Nc2cnc(-n3nccn3)c(Cl)c2)cc1F. The Morgan fingerprint density at radius 2 is 1.82 bits per heavy atom. The first-order valence-electron chi connectivity index (χ1n) is 9.35. The van der Waals surface area contributed by atoms with Crippen molar-refractivity contribution in [2.45, 2.75) is 6.42 Å². The number of halogens is 4. The standard InChI is InChI=1S/C22H12Cl2F2N6O/c23-18-9-16(15-2-1-13(25)7-12(15)3-4-27)20(26)10-17(18)22(33)31-14-8-19(24)21(28-11-14)32-29-5-6-30-32/h1-2,5-11H,3H2,(H,31,33). The van der Waals surface area contributed by atoms with Gasteiger partial charge in [-0.05, 0) is 41.5 Å². The molecule has 33 heavy (non-hydrogen) atoms. The molecule has 2 aromatic carbocycles. The molecule has 0 aliphatic rings. The quantitative estimate of drug-likeness (QED) is 0.418. The molecule has 11 heteroatoms. The van der Waals surface area contributed by atoms with Crippen LogP contribution >= 0.6 is 23.2 Å². The summed E-state index contributed by atoms with van der Waals surface area (Å²) in [6.45, 7) is 0. The fourth-order valence-electron chi connectivity index (χ4n) is 3.15. The maximum absolute atomic E-state index is 14.9. The van der Waals surface area contributed by atoms with Crippen LogP contribution in [0.1, 0.15) is 15.9 Å². The Balaban J connectivity index is 1.62. The highest BCUT2D eigenvalue weighted by Crippen LogP contribution is 2.32. The summed E-state index contributed by atoms with van der Waals surface area (Å²) >= 11 is 12.5. The highest BCUT2D eigenvalue weighted by molar-refractivity contribution is 6.35. The van der Waals surface area contributed by atoms with E-state index in [0.29, 0.717) is 11.1 Å². The van der Waals surface area contributed by atoms with Crippen molar-refractivity contribution >= 4 is 34.8 Å². The van der Waals surface area contributed by atoms with E-state index >= 15 is 0 Å². The monoisotopic (exact) mass is 484 g/mol. The molecule has 164 valence electrons. The van der Waals surface area contributed by atoms with Crippen LogP contribution in [0.25, 0.3) is 16.9 Å². The number of anilines is 1. The predicted molar refractivity (Wildman–Crippen MR) is 118 cm³/mol. The van der Waals surface area contributed by atoms with Crippen LogP contribution in [0, 0.1) is 23.0 Å². The van der Waals surface area contributed by atoms with Gasteiger partial charge in [-0.15, -0.1) is 4.80 Å². The lowest BCUT2D eigenvalue weighted by Gasteiger charge is -2.13. The van der Waals surface area contributed by atoms with Crippen molar-refractivity contribution in [2.75, 3.05) is 5.32 Å². The number of benzene rings is 2. The zero-order valence-electron chi connectivity index (χ0n) is 16.6. The maximum Gasteiger partial charge on any atom is 0.257 e. The number of carbonyl (C=O) groups excluding carboxylic acids is 1. The van der Waals surface area contributed by atoms with Gasteiger partial charge in [0.15, 0.2) is 5.82 Å². The molecular weight excluding hydrogens is 473 g/mol. The number of nitrogens with one attached hydrogen (secondary N) is 1. The van der Waals surface area contributed by atoms with Gasteiger partial charge in [0.2, 0.25) is 0 Å². The van der Waals surface area contributed by atoms with Gasteiger partial charge >= 0.3 is 0 Å². The maximum atomic E-state index is 14.9. The van der Waals surface area contributed by atoms with E-state index in [9.17, 15) is 13.6 Å². The first-order valence-corrected chi connectivity index (χ1v) is 10.1. The second kappa shape index (κ2) is 9.32. The van der Waals surface area contributed by atoms with Gasteiger partial charge in [0.05, 0.1) is 52.4 Å². The molecule has 0 bridgehead atoms. The van der Waals surface area contributed by atoms with E-state index in [4.69, 9.17) is 28.5 Å². The van der Waals surface area contributed by atoms with Crippen LogP contribution in [0.4, 0.5) is 14.5 Å². The smallest absolute Gasteiger partial charge is 0.257 e. The normalized spacial score (nSPS) is 10.6. The number of amides is 1. The number of nitriles is 1. The molecule has 7 nitrogen and oxygen atoms in total. The molecule has 0 fully saturated rings. The second-order valence-corrected chi connectivity index (χ2v) is 7.56. The minimum absolute atomic E-state index is 0.0347. The van der Waals surface area contributed by atoms with Gasteiger partial charge < -0.3 is 5.32 Å². The summed E-state index contributed by atoms with van der Waals surface area (Å²) in [6, 6.07) is 9.27. The first-order chi connectivity index (χ1) is 15.9. The third-order valence-corrected chi connectivity index (χ3v) is 5.21. The number of rotatable bonds is 5. The van der Waals surface area contributed by atoms with E-state index in [1.165, 1.54) is 41.6 Å². The molecule has 0 aliphatic carbocycles. The van der Waals surface area contributed by atoms with Crippen LogP contribution in [0.3, 0.4) is 0 Å². The highest BCUT2D eigenvalue weighted by atomic mass is 35.5. The molecule has 2 heterocycles. The molecule has 4 aromatic rings. The van der Waals surface area contributed by atoms with Crippen molar-refractivity contribution in [3.63, 3.8) is 0 Å². The predicted octanol–water partition coefficient (Wildman–Crippen LogP) is 5.23. The Morgan fingerprint density at radius 1 is 1.06 bits per heavy atom. The van der Waals surface area contributed by atoms with E-state index in [1.807, 2.05) is 6.07 Å². The Morgan fingerprint density at radius 3 is 2.52 bits per heavy atom. The van der Waals surface area contributed by atoms with Gasteiger partial charge in [-0.25, -0.2) is 13.8 Å². The average Bonchev–Trinajstić information content (AvgIpc) is 3.30. The number of nitrogens with zero attached hydrogens (tertiary/aromatic N) is 5. The Bertz CT molecular complexity index is 1400. The van der Waals surface area contributed by atoms with E-state index in [-0.39, 0.29) is 39.1 Å². The third-order valence-electron chi connectivity index (χ3n) is 4.62. The molecule has 2 aromatic heterocycles. The lowest BCUT2D eigenvalue weighted by molar-refractivity contribution is 0.102. The molecule has 0 aliphatic heterocycles. The molecule has 0 atom stereocenters. The largest absolute Gasteiger partial charge is 0.320 e. The summed E-state index contributed by atoms with van der Waals surface area (Å²) in [5, 5.41) is 19.6. The van der Waals surface area contributed by atoms with Crippen LogP contribution in [0.2, 0.25) is 10.0 Å². The van der Waals surface area contributed by atoms with Gasteiger partial charge in [-0.3, -0.25) is 4.79 Å². The second-order valence-electron chi connectivity index (χ2n) is 6.75. The zero-order chi connectivity index (χ0) is 23.5. The van der Waals surface area contributed by atoms with Gasteiger partial charge in [0, 0.05) is 5.56 Å². The molecule has 4 rings (SSSR count). The van der Waals surface area contributed by atoms with Crippen LogP contribution in [-0.2, 0) is 6.42 Å². The minimum atomic E-state index is -0.758. The van der Waals surface area contributed by atoms with E-state index < -0.39 is 17.5 Å². The number of hydrogen-bond donors (Lipinski definition) is 1. The minimum Gasteiger partial charge on any atom is -0.320 e. The third kappa shape index (κ3) is 4.67. The Hall–Kier alpha value is -3.87. The Kier molecular flexibility index (Phi) is 6.31. The molecule has 0 unspecified atom stereocenters. The van der Waals surface area contributed by atoms with Gasteiger partial charge in [0.25, 0.3) is 5.91 Å². The van der Waals surface area contributed by atoms with Crippen LogP contribution in [0.5, 0.6) is 0 Å². The number of carbonyl (C=O) groups is 1. The van der Waals surface area contributed by atoms with Crippen molar-refractivity contribution in [1.82, 2.24) is 20.0 Å². The summed E-state index contributed by atoms with van der Waals surface area (Å²) in [4.78, 5) is 18.1. The topological polar surface area (TPSA) is 96.5 Å². The number of aromatic nitrogens is 4. The zero-order valence-corrected chi connectivity index (χ0v) is 18.1. The number of hydrogen-bond acceptors (Lipinski definition) is 5. The van der Waals surface area contributed by atoms with Crippen molar-refractivity contribution in [3.05, 3.63) is 87.8 Å². The first kappa shape index (κ1) is 22.3. The highest BCUT2D eigenvalue weighted by Gasteiger charge is 2.19. The van der Waals surface area contributed by atoms with Gasteiger partial charge in [0.1, 0.15) is 11.6 Å². The fraction of sp³-hybridized carbons (Fsp3) is 0.0455. The summed E-state index contributed by atoms with van der Waals surface area (Å²) in [7, 11) is 0. The molecule has 1 N–H and O–H groups in total. The lowest BCUT2D eigenvalue weighted by Crippen LogP contribution is -2.14. The molecule has 0 saturated heterocycles. The molecule has 1 amide bonds. The van der Waals surface area contributed by atoms with E-state index in [1.54, 1.807) is 0 Å². The van der Waals surface area contributed by atoms with Crippen LogP contribution in [0.15, 0.2) is 55.0 Å². The van der Waals surface area contributed by atoms with Gasteiger partial charge in [-0.2, -0.15) is 15.5 Å². The van der Waals surface area contributed by atoms with Crippen molar-refractivity contribution in [1.29, 1.82) is 5.26 Å². The van der Waals surface area contributed by atoms with E-state index in [2.05, 4.69) is 20.5 Å². The lowest BCUT2D eigenvalue weighted by atomic mass is 9.96. The molecule has 0 spiro atoms. The molecular formula is C22H12Cl2F2N6O. The summed E-state index contributed by atoms with van der Waals surface area (Å²) < 4.78 is 28.5.